The van der Waals surface area contributed by atoms with Crippen LogP contribution in [0.5, 0.6) is 0 Å². The predicted octanol–water partition coefficient (Wildman–Crippen LogP) is 0.818. The van der Waals surface area contributed by atoms with Crippen molar-refractivity contribution >= 4 is 11.6 Å². The van der Waals surface area contributed by atoms with Crippen molar-refractivity contribution in [1.29, 1.82) is 0 Å². The number of hydrogen-bond donors (Lipinski definition) is 2. The van der Waals surface area contributed by atoms with Crippen molar-refractivity contribution in [2.24, 2.45) is 5.84 Å². The Bertz CT molecular complexity index is 347. The zero-order chi connectivity index (χ0) is 9.97. The van der Waals surface area contributed by atoms with Crippen LogP contribution in [0.1, 0.15) is 16.8 Å². The van der Waals surface area contributed by atoms with E-state index < -0.39 is 0 Å². The van der Waals surface area contributed by atoms with E-state index in [9.17, 15) is 4.79 Å². The third-order valence-electron chi connectivity index (χ3n) is 2.42. The van der Waals surface area contributed by atoms with Crippen LogP contribution < -0.4 is 11.3 Å². The van der Waals surface area contributed by atoms with E-state index in [1.807, 2.05) is 23.1 Å². The summed E-state index contributed by atoms with van der Waals surface area (Å²) in [7, 11) is 0. The maximum Gasteiger partial charge on any atom is 0.253 e. The zero-order valence-corrected chi connectivity index (χ0v) is 7.86. The Balaban J connectivity index is 2.18. The van der Waals surface area contributed by atoms with Gasteiger partial charge in [-0.1, -0.05) is 6.07 Å². The van der Waals surface area contributed by atoms with E-state index in [4.69, 9.17) is 5.84 Å². The van der Waals surface area contributed by atoms with Crippen LogP contribution in [0.15, 0.2) is 24.3 Å². The van der Waals surface area contributed by atoms with Crippen LogP contribution in [-0.2, 0) is 0 Å². The van der Waals surface area contributed by atoms with Crippen LogP contribution in [-0.4, -0.2) is 23.9 Å². The van der Waals surface area contributed by atoms with Crippen LogP contribution in [0.25, 0.3) is 0 Å². The van der Waals surface area contributed by atoms with Gasteiger partial charge in [0.1, 0.15) is 0 Å². The number of benzene rings is 1. The average molecular weight is 191 g/mol. The monoisotopic (exact) mass is 191 g/mol. The number of carbonyl (C=O) groups excluding carboxylic acids is 1. The second-order valence-corrected chi connectivity index (χ2v) is 3.37. The number of hydrazine groups is 1. The number of hydrogen-bond acceptors (Lipinski definition) is 3. The molecule has 1 amide bonds. The molecule has 1 saturated heterocycles. The van der Waals surface area contributed by atoms with Crippen molar-refractivity contribution in [3.05, 3.63) is 29.8 Å². The quantitative estimate of drug-likeness (QED) is 0.537. The third kappa shape index (κ3) is 1.56. The van der Waals surface area contributed by atoms with E-state index in [-0.39, 0.29) is 5.91 Å². The second kappa shape index (κ2) is 3.67. The van der Waals surface area contributed by atoms with Crippen LogP contribution in [0.2, 0.25) is 0 Å². The fraction of sp³-hybridized carbons (Fsp3) is 0.300. The average Bonchev–Trinajstić information content (AvgIpc) is 2.15. The van der Waals surface area contributed by atoms with E-state index in [0.717, 1.165) is 25.2 Å². The molecule has 14 heavy (non-hydrogen) atoms. The van der Waals surface area contributed by atoms with Gasteiger partial charge in [0, 0.05) is 24.3 Å². The van der Waals surface area contributed by atoms with Gasteiger partial charge in [-0.3, -0.25) is 10.6 Å². The molecular weight excluding hydrogens is 178 g/mol. The second-order valence-electron chi connectivity index (χ2n) is 3.37. The number of nitrogen functional groups attached to an aromatic ring is 1. The molecule has 2 rings (SSSR count). The standard InChI is InChI=1S/C10H13N3O/c11-12-9-4-1-3-8(7-9)10(14)13-5-2-6-13/h1,3-4,7,12H,2,5-6,11H2. The summed E-state index contributed by atoms with van der Waals surface area (Å²) in [6.07, 6.45) is 1.11. The highest BCUT2D eigenvalue weighted by Gasteiger charge is 2.21. The van der Waals surface area contributed by atoms with E-state index in [1.165, 1.54) is 0 Å². The lowest BCUT2D eigenvalue weighted by Crippen LogP contribution is -2.42. The van der Waals surface area contributed by atoms with Gasteiger partial charge < -0.3 is 10.3 Å². The highest BCUT2D eigenvalue weighted by molar-refractivity contribution is 5.95. The number of nitrogens with one attached hydrogen (secondary N) is 1. The highest BCUT2D eigenvalue weighted by Crippen LogP contribution is 2.15. The van der Waals surface area contributed by atoms with Gasteiger partial charge in [-0.15, -0.1) is 0 Å². The Morgan fingerprint density at radius 2 is 2.21 bits per heavy atom. The number of nitrogens with zero attached hydrogens (tertiary/aromatic N) is 1. The van der Waals surface area contributed by atoms with Crippen molar-refractivity contribution < 1.29 is 4.79 Å². The van der Waals surface area contributed by atoms with Crippen molar-refractivity contribution in [3.63, 3.8) is 0 Å². The summed E-state index contributed by atoms with van der Waals surface area (Å²) in [5.41, 5.74) is 3.98. The van der Waals surface area contributed by atoms with Crippen molar-refractivity contribution in [3.8, 4) is 0 Å². The van der Waals surface area contributed by atoms with Gasteiger partial charge in [0.05, 0.1) is 0 Å². The number of nitrogens with two attached hydrogens (primary N) is 1. The first-order valence-electron chi connectivity index (χ1n) is 4.67. The molecule has 74 valence electrons. The summed E-state index contributed by atoms with van der Waals surface area (Å²) in [4.78, 5) is 13.6. The molecule has 0 spiro atoms. The highest BCUT2D eigenvalue weighted by atomic mass is 16.2. The van der Waals surface area contributed by atoms with Gasteiger partial charge in [0.25, 0.3) is 5.91 Å². The molecule has 1 aliphatic rings. The third-order valence-corrected chi connectivity index (χ3v) is 2.42. The number of rotatable bonds is 2. The summed E-state index contributed by atoms with van der Waals surface area (Å²) in [5.74, 6) is 5.36. The molecule has 0 aliphatic carbocycles. The van der Waals surface area contributed by atoms with Gasteiger partial charge in [-0.25, -0.2) is 0 Å². The lowest BCUT2D eigenvalue weighted by molar-refractivity contribution is 0.0652. The lowest BCUT2D eigenvalue weighted by atomic mass is 10.1. The molecule has 1 aromatic carbocycles. The molecule has 4 nitrogen and oxygen atoms in total. The van der Waals surface area contributed by atoms with Gasteiger partial charge in [0.2, 0.25) is 0 Å². The molecule has 0 bridgehead atoms. The van der Waals surface area contributed by atoms with E-state index in [2.05, 4.69) is 5.43 Å². The maximum atomic E-state index is 11.8. The first-order chi connectivity index (χ1) is 6.81. The van der Waals surface area contributed by atoms with Gasteiger partial charge >= 0.3 is 0 Å². The Morgan fingerprint density at radius 1 is 1.43 bits per heavy atom. The van der Waals surface area contributed by atoms with Crippen LogP contribution in [0.4, 0.5) is 5.69 Å². The van der Waals surface area contributed by atoms with Crippen molar-refractivity contribution in [2.45, 2.75) is 6.42 Å². The molecule has 1 aromatic rings. The molecule has 3 N–H and O–H groups in total. The smallest absolute Gasteiger partial charge is 0.253 e. The molecule has 0 saturated carbocycles. The number of anilines is 1. The molecule has 0 radical (unpaired) electrons. The molecule has 0 atom stereocenters. The molecule has 1 aliphatic heterocycles. The Hall–Kier alpha value is -1.55. The number of carbonyl (C=O) groups is 1. The molecule has 0 aromatic heterocycles. The van der Waals surface area contributed by atoms with Crippen molar-refractivity contribution in [2.75, 3.05) is 18.5 Å². The van der Waals surface area contributed by atoms with Crippen LogP contribution >= 0.6 is 0 Å². The summed E-state index contributed by atoms with van der Waals surface area (Å²) in [5, 5.41) is 0. The predicted molar refractivity (Wildman–Crippen MR) is 54.8 cm³/mol. The van der Waals surface area contributed by atoms with Crippen molar-refractivity contribution in [1.82, 2.24) is 4.90 Å². The summed E-state index contributed by atoms with van der Waals surface area (Å²) in [6, 6.07) is 7.22. The Labute approximate surface area is 82.7 Å². The summed E-state index contributed by atoms with van der Waals surface area (Å²) < 4.78 is 0. The first-order valence-corrected chi connectivity index (χ1v) is 4.67. The lowest BCUT2D eigenvalue weighted by Gasteiger charge is -2.30. The van der Waals surface area contributed by atoms with E-state index in [0.29, 0.717) is 5.56 Å². The van der Waals surface area contributed by atoms with Gasteiger partial charge in [-0.2, -0.15) is 0 Å². The Kier molecular flexibility index (Phi) is 2.37. The molecule has 4 heteroatoms. The number of amides is 1. The fourth-order valence-electron chi connectivity index (χ4n) is 1.44. The minimum atomic E-state index is 0.0911. The van der Waals surface area contributed by atoms with E-state index >= 15 is 0 Å². The van der Waals surface area contributed by atoms with E-state index in [1.54, 1.807) is 6.07 Å². The maximum absolute atomic E-state index is 11.8. The fourth-order valence-corrected chi connectivity index (χ4v) is 1.44. The SMILES string of the molecule is NNc1cccc(C(=O)N2CCC2)c1. The Morgan fingerprint density at radius 3 is 2.79 bits per heavy atom. The molecule has 0 unspecified atom stereocenters. The van der Waals surface area contributed by atoms with Gasteiger partial charge in [-0.05, 0) is 24.6 Å². The number of likely N-dealkylation sites (tertiary alicyclic amines) is 1. The minimum absolute atomic E-state index is 0.0911. The molecular formula is C10H13N3O. The minimum Gasteiger partial charge on any atom is -0.339 e. The van der Waals surface area contributed by atoms with Crippen LogP contribution in [0, 0.1) is 0 Å². The van der Waals surface area contributed by atoms with Gasteiger partial charge in [0.15, 0.2) is 0 Å². The molecule has 1 heterocycles. The first kappa shape index (κ1) is 9.02. The largest absolute Gasteiger partial charge is 0.339 e. The zero-order valence-electron chi connectivity index (χ0n) is 7.86. The van der Waals surface area contributed by atoms with Crippen LogP contribution in [0.3, 0.4) is 0 Å². The summed E-state index contributed by atoms with van der Waals surface area (Å²) >= 11 is 0. The topological polar surface area (TPSA) is 58.4 Å². The normalized spacial score (nSPS) is 14.8. The summed E-state index contributed by atoms with van der Waals surface area (Å²) in [6.45, 7) is 1.75. The molecule has 1 fully saturated rings.